The van der Waals surface area contributed by atoms with E-state index in [1.165, 1.54) is 9.75 Å². The Morgan fingerprint density at radius 1 is 1.32 bits per heavy atom. The molecule has 0 aliphatic carbocycles. The van der Waals surface area contributed by atoms with Crippen LogP contribution in [0.15, 0.2) is 12.1 Å². The largest absolute Gasteiger partial charge is 0.368 e. The second-order valence-electron chi connectivity index (χ2n) is 4.25. The molecular formula is C12H18N6S. The summed E-state index contributed by atoms with van der Waals surface area (Å²) in [6.07, 6.45) is 0.968. The predicted molar refractivity (Wildman–Crippen MR) is 79.8 cm³/mol. The Balaban J connectivity index is 2.03. The molecule has 0 aromatic carbocycles. The Kier molecular flexibility index (Phi) is 4.16. The number of nitrogens with zero attached hydrogens (tertiary/aromatic N) is 4. The first-order valence-corrected chi connectivity index (χ1v) is 6.86. The van der Waals surface area contributed by atoms with E-state index in [1.54, 1.807) is 7.05 Å². The van der Waals surface area contributed by atoms with Crippen molar-refractivity contribution < 1.29 is 0 Å². The van der Waals surface area contributed by atoms with Crippen molar-refractivity contribution >= 4 is 29.2 Å². The van der Waals surface area contributed by atoms with Gasteiger partial charge in [-0.15, -0.1) is 11.3 Å². The third kappa shape index (κ3) is 3.54. The van der Waals surface area contributed by atoms with Gasteiger partial charge in [-0.2, -0.15) is 15.0 Å². The van der Waals surface area contributed by atoms with Gasteiger partial charge in [0.05, 0.1) is 0 Å². The second-order valence-corrected chi connectivity index (χ2v) is 5.62. The minimum atomic E-state index is 0.230. The lowest BCUT2D eigenvalue weighted by atomic mass is 10.3. The zero-order valence-corrected chi connectivity index (χ0v) is 12.2. The number of hydrogen-bond acceptors (Lipinski definition) is 7. The number of rotatable bonds is 5. The highest BCUT2D eigenvalue weighted by molar-refractivity contribution is 7.11. The number of likely N-dealkylation sites (N-methyl/N-ethyl adjacent to an activating group) is 1. The predicted octanol–water partition coefficient (Wildman–Crippen LogP) is 1.54. The van der Waals surface area contributed by atoms with Crippen molar-refractivity contribution in [2.75, 3.05) is 36.6 Å². The molecule has 0 aliphatic heterocycles. The maximum Gasteiger partial charge on any atom is 0.231 e. The molecular weight excluding hydrogens is 260 g/mol. The maximum atomic E-state index is 5.66. The Morgan fingerprint density at radius 2 is 2.11 bits per heavy atom. The Labute approximate surface area is 116 Å². The summed E-state index contributed by atoms with van der Waals surface area (Å²) in [5.74, 6) is 1.31. The molecule has 0 fully saturated rings. The Hall–Kier alpha value is -1.89. The van der Waals surface area contributed by atoms with Crippen LogP contribution < -0.4 is 16.0 Å². The van der Waals surface area contributed by atoms with Gasteiger partial charge in [0.25, 0.3) is 0 Å². The third-order valence-electron chi connectivity index (χ3n) is 2.70. The molecule has 0 saturated heterocycles. The van der Waals surface area contributed by atoms with Crippen LogP contribution >= 0.6 is 11.3 Å². The fourth-order valence-electron chi connectivity index (χ4n) is 1.66. The van der Waals surface area contributed by atoms with Gasteiger partial charge in [-0.3, -0.25) is 0 Å². The van der Waals surface area contributed by atoms with E-state index in [0.29, 0.717) is 11.9 Å². The fraction of sp³-hybridized carbons (Fsp3) is 0.417. The molecule has 7 heteroatoms. The first-order valence-electron chi connectivity index (χ1n) is 6.04. The highest BCUT2D eigenvalue weighted by atomic mass is 32.1. The zero-order valence-electron chi connectivity index (χ0n) is 11.3. The van der Waals surface area contributed by atoms with Gasteiger partial charge in [0.15, 0.2) is 0 Å². The molecule has 2 rings (SSSR count). The summed E-state index contributed by atoms with van der Waals surface area (Å²) in [5, 5.41) is 2.87. The van der Waals surface area contributed by atoms with Crippen molar-refractivity contribution in [2.45, 2.75) is 13.3 Å². The Bertz CT molecular complexity index is 553. The molecule has 0 amide bonds. The third-order valence-corrected chi connectivity index (χ3v) is 3.76. The first-order chi connectivity index (χ1) is 9.08. The highest BCUT2D eigenvalue weighted by Gasteiger charge is 2.08. The molecule has 0 saturated carbocycles. The van der Waals surface area contributed by atoms with Gasteiger partial charge in [-0.1, -0.05) is 0 Å². The highest BCUT2D eigenvalue weighted by Crippen LogP contribution is 2.17. The van der Waals surface area contributed by atoms with Crippen molar-refractivity contribution in [3.8, 4) is 0 Å². The molecule has 0 spiro atoms. The summed E-state index contributed by atoms with van der Waals surface area (Å²) in [7, 11) is 3.71. The lowest BCUT2D eigenvalue weighted by Crippen LogP contribution is -2.23. The van der Waals surface area contributed by atoms with Gasteiger partial charge in [-0.05, 0) is 25.5 Å². The van der Waals surface area contributed by atoms with Gasteiger partial charge >= 0.3 is 0 Å². The molecule has 0 unspecified atom stereocenters. The molecule has 2 aromatic heterocycles. The molecule has 3 N–H and O–H groups in total. The second kappa shape index (κ2) is 5.83. The van der Waals surface area contributed by atoms with E-state index < -0.39 is 0 Å². The van der Waals surface area contributed by atoms with Crippen molar-refractivity contribution in [2.24, 2.45) is 0 Å². The van der Waals surface area contributed by atoms with Gasteiger partial charge in [-0.25, -0.2) is 0 Å². The summed E-state index contributed by atoms with van der Waals surface area (Å²) >= 11 is 1.82. The average molecular weight is 278 g/mol. The number of hydrogen-bond donors (Lipinski definition) is 2. The summed E-state index contributed by atoms with van der Waals surface area (Å²) < 4.78 is 0. The van der Waals surface area contributed by atoms with Crippen molar-refractivity contribution in [1.29, 1.82) is 0 Å². The number of anilines is 3. The summed E-state index contributed by atoms with van der Waals surface area (Å²) in [5.41, 5.74) is 5.66. The van der Waals surface area contributed by atoms with E-state index in [4.69, 9.17) is 5.73 Å². The van der Waals surface area contributed by atoms with E-state index in [9.17, 15) is 0 Å². The van der Waals surface area contributed by atoms with Crippen molar-refractivity contribution in [1.82, 2.24) is 15.0 Å². The van der Waals surface area contributed by atoms with E-state index in [2.05, 4.69) is 39.3 Å². The molecule has 2 heterocycles. The quantitative estimate of drug-likeness (QED) is 0.863. The molecule has 0 bridgehead atoms. The van der Waals surface area contributed by atoms with E-state index in [0.717, 1.165) is 13.0 Å². The normalized spacial score (nSPS) is 10.5. The van der Waals surface area contributed by atoms with Crippen molar-refractivity contribution in [3.63, 3.8) is 0 Å². The topological polar surface area (TPSA) is 80.0 Å². The maximum absolute atomic E-state index is 5.66. The van der Waals surface area contributed by atoms with Crippen LogP contribution in [0.1, 0.15) is 9.75 Å². The molecule has 0 radical (unpaired) electrons. The van der Waals surface area contributed by atoms with Crippen LogP contribution in [0, 0.1) is 6.92 Å². The smallest absolute Gasteiger partial charge is 0.231 e. The molecule has 102 valence electrons. The minimum Gasteiger partial charge on any atom is -0.368 e. The summed E-state index contributed by atoms with van der Waals surface area (Å²) in [6.45, 7) is 2.95. The number of thiophene rings is 1. The van der Waals surface area contributed by atoms with E-state index >= 15 is 0 Å². The van der Waals surface area contributed by atoms with Crippen LogP contribution in [0.3, 0.4) is 0 Å². The van der Waals surface area contributed by atoms with E-state index in [1.807, 2.05) is 23.3 Å². The van der Waals surface area contributed by atoms with Crippen molar-refractivity contribution in [3.05, 3.63) is 21.9 Å². The number of nitrogens with two attached hydrogens (primary N) is 1. The van der Waals surface area contributed by atoms with Crippen LogP contribution in [0.2, 0.25) is 0 Å². The average Bonchev–Trinajstić information content (AvgIpc) is 2.81. The lowest BCUT2D eigenvalue weighted by Gasteiger charge is -2.17. The lowest BCUT2D eigenvalue weighted by molar-refractivity contribution is 0.839. The van der Waals surface area contributed by atoms with Crippen LogP contribution in [0.25, 0.3) is 0 Å². The van der Waals surface area contributed by atoms with Crippen LogP contribution in [0.5, 0.6) is 0 Å². The van der Waals surface area contributed by atoms with Gasteiger partial charge in [0, 0.05) is 30.4 Å². The summed E-state index contributed by atoms with van der Waals surface area (Å²) in [6, 6.07) is 4.30. The van der Waals surface area contributed by atoms with Gasteiger partial charge in [0.2, 0.25) is 17.8 Å². The van der Waals surface area contributed by atoms with Crippen LogP contribution in [0.4, 0.5) is 17.8 Å². The molecule has 2 aromatic rings. The van der Waals surface area contributed by atoms with Gasteiger partial charge in [0.1, 0.15) is 0 Å². The zero-order chi connectivity index (χ0) is 13.8. The van der Waals surface area contributed by atoms with E-state index in [-0.39, 0.29) is 5.95 Å². The van der Waals surface area contributed by atoms with Gasteiger partial charge < -0.3 is 16.0 Å². The first kappa shape index (κ1) is 13.5. The number of nitrogen functional groups attached to an aromatic ring is 1. The minimum absolute atomic E-state index is 0.230. The number of aromatic nitrogens is 3. The molecule has 0 atom stereocenters. The SMILES string of the molecule is CNc1nc(N)nc(N(C)CCc2ccc(C)s2)n1. The molecule has 6 nitrogen and oxygen atoms in total. The standard InChI is InChI=1S/C12H18N6S/c1-8-4-5-9(19-8)6-7-18(3)12-16-10(13)15-11(14-2)17-12/h4-5H,6-7H2,1-3H3,(H3,13,14,15,16,17). The van der Waals surface area contributed by atoms with Crippen LogP contribution in [-0.4, -0.2) is 35.6 Å². The Morgan fingerprint density at radius 3 is 2.74 bits per heavy atom. The fourth-order valence-corrected chi connectivity index (χ4v) is 2.54. The number of aryl methyl sites for hydroxylation is 1. The molecule has 19 heavy (non-hydrogen) atoms. The van der Waals surface area contributed by atoms with Crippen LogP contribution in [-0.2, 0) is 6.42 Å². The number of nitrogens with one attached hydrogen (secondary N) is 1. The summed E-state index contributed by atoms with van der Waals surface area (Å²) in [4.78, 5) is 17.1. The monoisotopic (exact) mass is 278 g/mol. The molecule has 0 aliphatic rings.